The highest BCUT2D eigenvalue weighted by atomic mass is 32.1. The molecule has 0 saturated carbocycles. The van der Waals surface area contributed by atoms with Crippen molar-refractivity contribution in [3.8, 4) is 0 Å². The van der Waals surface area contributed by atoms with Gasteiger partial charge < -0.3 is 0 Å². The number of hydrogen-bond acceptors (Lipinski definition) is 3. The van der Waals surface area contributed by atoms with E-state index in [1.54, 1.807) is 11.3 Å². The van der Waals surface area contributed by atoms with E-state index in [2.05, 4.69) is 23.5 Å². The van der Waals surface area contributed by atoms with Crippen LogP contribution in [0.15, 0.2) is 16.6 Å². The van der Waals surface area contributed by atoms with Crippen molar-refractivity contribution < 1.29 is 0 Å². The lowest BCUT2D eigenvalue weighted by Gasteiger charge is -2.26. The average molecular weight is 209 g/mol. The maximum absolute atomic E-state index is 10.9. The summed E-state index contributed by atoms with van der Waals surface area (Å²) < 4.78 is 0. The highest BCUT2D eigenvalue weighted by Crippen LogP contribution is 2.41. The van der Waals surface area contributed by atoms with Gasteiger partial charge in [-0.3, -0.25) is 0 Å². The smallest absolute Gasteiger partial charge is 0.121 e. The second-order valence-electron chi connectivity index (χ2n) is 3.94. The van der Waals surface area contributed by atoms with Gasteiger partial charge >= 0.3 is 0 Å². The number of fused-ring (bicyclic) bond motifs is 1. The predicted octanol–water partition coefficient (Wildman–Crippen LogP) is 3.92. The zero-order chi connectivity index (χ0) is 9.97. The van der Waals surface area contributed by atoms with Crippen LogP contribution < -0.4 is 0 Å². The van der Waals surface area contributed by atoms with Gasteiger partial charge in [-0.15, -0.1) is 11.3 Å². The van der Waals surface area contributed by atoms with Crippen LogP contribution in [0.3, 0.4) is 0 Å². The molecule has 1 aliphatic carbocycles. The lowest BCUT2D eigenvalue weighted by atomic mass is 9.82. The third-order valence-electron chi connectivity index (χ3n) is 3.06. The monoisotopic (exact) mass is 209 g/mol. The molecule has 2 nitrogen and oxygen atoms in total. The van der Waals surface area contributed by atoms with Crippen LogP contribution in [0.25, 0.3) is 0 Å². The summed E-state index contributed by atoms with van der Waals surface area (Å²) in [7, 11) is 0. The number of nitroso groups, excluding NO2 is 1. The summed E-state index contributed by atoms with van der Waals surface area (Å²) in [4.78, 5) is 12.2. The highest BCUT2D eigenvalue weighted by Gasteiger charge is 2.30. The van der Waals surface area contributed by atoms with Crippen LogP contribution in [0, 0.1) is 10.8 Å². The molecule has 1 aliphatic rings. The van der Waals surface area contributed by atoms with Gasteiger partial charge in [0.1, 0.15) is 6.04 Å². The van der Waals surface area contributed by atoms with Crippen LogP contribution >= 0.6 is 11.3 Å². The van der Waals surface area contributed by atoms with E-state index in [9.17, 15) is 4.91 Å². The van der Waals surface area contributed by atoms with Crippen LogP contribution in [0.2, 0.25) is 0 Å². The summed E-state index contributed by atoms with van der Waals surface area (Å²) in [5, 5.41) is 5.40. The third-order valence-corrected chi connectivity index (χ3v) is 4.06. The number of aryl methyl sites for hydroxylation is 1. The minimum absolute atomic E-state index is 0.0649. The summed E-state index contributed by atoms with van der Waals surface area (Å²) in [5.41, 5.74) is 1.20. The molecule has 0 aromatic carbocycles. The van der Waals surface area contributed by atoms with Crippen LogP contribution in [0.4, 0.5) is 0 Å². The van der Waals surface area contributed by atoms with E-state index >= 15 is 0 Å². The first-order valence-electron chi connectivity index (χ1n) is 5.25. The Kier molecular flexibility index (Phi) is 2.96. The van der Waals surface area contributed by atoms with E-state index in [0.29, 0.717) is 5.92 Å². The number of hydrogen-bond donors (Lipinski definition) is 0. The van der Waals surface area contributed by atoms with Crippen molar-refractivity contribution >= 4 is 11.3 Å². The first-order valence-corrected chi connectivity index (χ1v) is 6.13. The fourth-order valence-corrected chi connectivity index (χ4v) is 3.30. The maximum atomic E-state index is 10.9. The quantitative estimate of drug-likeness (QED) is 0.694. The van der Waals surface area contributed by atoms with Gasteiger partial charge in [0.25, 0.3) is 0 Å². The molecule has 0 radical (unpaired) electrons. The van der Waals surface area contributed by atoms with Gasteiger partial charge in [-0.2, -0.15) is 4.91 Å². The van der Waals surface area contributed by atoms with E-state index in [1.165, 1.54) is 10.4 Å². The molecule has 0 N–H and O–H groups in total. The maximum Gasteiger partial charge on any atom is 0.121 e. The molecular formula is C11H15NOS. The van der Waals surface area contributed by atoms with Crippen molar-refractivity contribution in [2.24, 2.45) is 11.1 Å². The molecule has 0 aliphatic heterocycles. The Hall–Kier alpha value is -0.700. The van der Waals surface area contributed by atoms with Gasteiger partial charge in [0.05, 0.1) is 0 Å². The van der Waals surface area contributed by atoms with Crippen molar-refractivity contribution in [2.45, 2.75) is 38.6 Å². The van der Waals surface area contributed by atoms with E-state index in [4.69, 9.17) is 0 Å². The Morgan fingerprint density at radius 1 is 1.64 bits per heavy atom. The number of rotatable bonds is 3. The fourth-order valence-electron chi connectivity index (χ4n) is 2.36. The van der Waals surface area contributed by atoms with E-state index in [0.717, 1.165) is 25.7 Å². The summed E-state index contributed by atoms with van der Waals surface area (Å²) in [6.07, 6.45) is 4.56. The molecule has 1 heterocycles. The lowest BCUT2D eigenvalue weighted by molar-refractivity contribution is 0.355. The minimum atomic E-state index is -0.0649. The Balaban J connectivity index is 2.24. The van der Waals surface area contributed by atoms with Crippen LogP contribution in [-0.4, -0.2) is 0 Å². The molecule has 2 atom stereocenters. The number of nitrogens with zero attached hydrogens (tertiary/aromatic N) is 1. The van der Waals surface area contributed by atoms with Gasteiger partial charge in [0.2, 0.25) is 0 Å². The van der Waals surface area contributed by atoms with Gasteiger partial charge in [-0.25, -0.2) is 0 Å². The zero-order valence-corrected chi connectivity index (χ0v) is 9.22. The first-order chi connectivity index (χ1) is 6.86. The van der Waals surface area contributed by atoms with Gasteiger partial charge in [-0.1, -0.05) is 18.5 Å². The molecule has 0 bridgehead atoms. The Morgan fingerprint density at radius 2 is 2.50 bits per heavy atom. The Bertz CT molecular complexity index is 321. The minimum Gasteiger partial charge on any atom is -0.150 e. The van der Waals surface area contributed by atoms with Gasteiger partial charge in [0, 0.05) is 4.88 Å². The number of thiophene rings is 1. The standard InChI is InChI=1S/C11H15NOS/c1-2-3-8-4-5-10-9(6-7-14-10)11(8)12-13/h6-8,11H,2-5H2,1H3. The molecule has 0 saturated heterocycles. The van der Waals surface area contributed by atoms with Crippen LogP contribution in [0.1, 0.15) is 42.7 Å². The predicted molar refractivity (Wildman–Crippen MR) is 59.6 cm³/mol. The molecular weight excluding hydrogens is 194 g/mol. The first kappa shape index (κ1) is 9.84. The highest BCUT2D eigenvalue weighted by molar-refractivity contribution is 7.10. The van der Waals surface area contributed by atoms with E-state index in [1.807, 2.05) is 0 Å². The van der Waals surface area contributed by atoms with Crippen molar-refractivity contribution in [2.75, 3.05) is 0 Å². The molecule has 76 valence electrons. The lowest BCUT2D eigenvalue weighted by Crippen LogP contribution is -2.17. The molecule has 1 aromatic heterocycles. The molecule has 0 spiro atoms. The topological polar surface area (TPSA) is 29.4 Å². The Labute approximate surface area is 88.3 Å². The van der Waals surface area contributed by atoms with Gasteiger partial charge in [0.15, 0.2) is 0 Å². The summed E-state index contributed by atoms with van der Waals surface area (Å²) in [5.74, 6) is 0.486. The van der Waals surface area contributed by atoms with E-state index in [-0.39, 0.29) is 6.04 Å². The molecule has 14 heavy (non-hydrogen) atoms. The molecule has 2 rings (SSSR count). The summed E-state index contributed by atoms with van der Waals surface area (Å²) in [6, 6.07) is 2.01. The van der Waals surface area contributed by atoms with Crippen molar-refractivity contribution in [1.29, 1.82) is 0 Å². The summed E-state index contributed by atoms with van der Waals surface area (Å²) >= 11 is 1.77. The van der Waals surface area contributed by atoms with Crippen LogP contribution in [0.5, 0.6) is 0 Å². The SMILES string of the molecule is CCCC1CCc2sccc2C1N=O. The fraction of sp³-hybridized carbons (Fsp3) is 0.636. The van der Waals surface area contributed by atoms with Crippen molar-refractivity contribution in [3.05, 3.63) is 26.8 Å². The van der Waals surface area contributed by atoms with Crippen molar-refractivity contribution in [3.63, 3.8) is 0 Å². The second kappa shape index (κ2) is 4.22. The van der Waals surface area contributed by atoms with E-state index < -0.39 is 0 Å². The summed E-state index contributed by atoms with van der Waals surface area (Å²) in [6.45, 7) is 2.17. The molecule has 0 fully saturated rings. The zero-order valence-electron chi connectivity index (χ0n) is 8.40. The van der Waals surface area contributed by atoms with Crippen molar-refractivity contribution in [1.82, 2.24) is 0 Å². The molecule has 2 unspecified atom stereocenters. The Morgan fingerprint density at radius 3 is 3.21 bits per heavy atom. The van der Waals surface area contributed by atoms with Crippen LogP contribution in [-0.2, 0) is 6.42 Å². The molecule has 1 aromatic rings. The third kappa shape index (κ3) is 1.61. The second-order valence-corrected chi connectivity index (χ2v) is 4.94. The molecule has 0 amide bonds. The van der Waals surface area contributed by atoms with Gasteiger partial charge in [-0.05, 0) is 42.2 Å². The average Bonchev–Trinajstić information content (AvgIpc) is 2.66. The normalized spacial score (nSPS) is 25.8. The largest absolute Gasteiger partial charge is 0.150 e. The molecule has 3 heteroatoms.